The fourth-order valence-corrected chi connectivity index (χ4v) is 4.77. The lowest BCUT2D eigenvalue weighted by Gasteiger charge is -2.18. The fraction of sp³-hybridized carbons (Fsp3) is 0.200. The Morgan fingerprint density at radius 2 is 1.45 bits per heavy atom. The predicted molar refractivity (Wildman–Crippen MR) is 121 cm³/mol. The highest BCUT2D eigenvalue weighted by Gasteiger charge is 2.21. The van der Waals surface area contributed by atoms with Gasteiger partial charge in [-0.2, -0.15) is 0 Å². The molecule has 1 N–H and O–H groups in total. The molecule has 29 heavy (non-hydrogen) atoms. The smallest absolute Gasteiger partial charge is 0.229 e. The first-order chi connectivity index (χ1) is 14.0. The van der Waals surface area contributed by atoms with Crippen LogP contribution in [0.15, 0.2) is 72.8 Å². The highest BCUT2D eigenvalue weighted by molar-refractivity contribution is 7.92. The molecule has 0 spiro atoms. The third-order valence-electron chi connectivity index (χ3n) is 5.41. The number of anilines is 1. The lowest BCUT2D eigenvalue weighted by molar-refractivity contribution is 0.607. The second-order valence-electron chi connectivity index (χ2n) is 7.48. The summed E-state index contributed by atoms with van der Waals surface area (Å²) in [6.45, 7) is 2.16. The molecule has 4 rings (SSSR count). The molecular formula is C25H25NO2S. The molecule has 4 heteroatoms. The van der Waals surface area contributed by atoms with E-state index < -0.39 is 10.0 Å². The summed E-state index contributed by atoms with van der Waals surface area (Å²) < 4.78 is 26.0. The summed E-state index contributed by atoms with van der Waals surface area (Å²) in [5, 5.41) is 0. The normalized spacial score (nSPS) is 13.2. The van der Waals surface area contributed by atoms with Crippen molar-refractivity contribution in [3.8, 4) is 0 Å². The van der Waals surface area contributed by atoms with Gasteiger partial charge in [0.15, 0.2) is 0 Å². The van der Waals surface area contributed by atoms with Crippen molar-refractivity contribution in [1.29, 1.82) is 0 Å². The number of benzene rings is 3. The van der Waals surface area contributed by atoms with E-state index in [0.29, 0.717) is 5.69 Å². The van der Waals surface area contributed by atoms with Crippen molar-refractivity contribution in [2.75, 3.05) is 11.0 Å². The fourth-order valence-electron chi connectivity index (χ4n) is 4.21. The third-order valence-corrected chi connectivity index (χ3v) is 6.01. The van der Waals surface area contributed by atoms with Crippen molar-refractivity contribution >= 4 is 26.9 Å². The van der Waals surface area contributed by atoms with E-state index in [4.69, 9.17) is 0 Å². The van der Waals surface area contributed by atoms with Gasteiger partial charge in [-0.3, -0.25) is 4.72 Å². The maximum absolute atomic E-state index is 11.7. The van der Waals surface area contributed by atoms with E-state index >= 15 is 0 Å². The summed E-state index contributed by atoms with van der Waals surface area (Å²) >= 11 is 0. The van der Waals surface area contributed by atoms with Crippen molar-refractivity contribution in [3.05, 3.63) is 101 Å². The average Bonchev–Trinajstić information content (AvgIpc) is 2.86. The Morgan fingerprint density at radius 1 is 0.862 bits per heavy atom. The average molecular weight is 404 g/mol. The van der Waals surface area contributed by atoms with Gasteiger partial charge < -0.3 is 0 Å². The lowest BCUT2D eigenvalue weighted by Crippen LogP contribution is -2.09. The highest BCUT2D eigenvalue weighted by atomic mass is 32.2. The molecule has 0 aliphatic heterocycles. The van der Waals surface area contributed by atoms with Gasteiger partial charge >= 0.3 is 0 Å². The van der Waals surface area contributed by atoms with Gasteiger partial charge in [-0.25, -0.2) is 8.42 Å². The molecule has 0 fully saturated rings. The van der Waals surface area contributed by atoms with E-state index in [1.807, 2.05) is 12.1 Å². The van der Waals surface area contributed by atoms with Gasteiger partial charge in [0, 0.05) is 5.69 Å². The standard InChI is InChI=1S/C25H25NO2S/c1-3-22(20-11-8-12-21(17-20)26-29(2,27)28)25-23-13-6-4-9-18(23)15-16-19-10-5-7-14-24(19)25/h4-14,17,26H,3,15-16H2,1-2H3. The van der Waals surface area contributed by atoms with Gasteiger partial charge in [0.1, 0.15) is 0 Å². The molecule has 0 saturated carbocycles. The Hall–Kier alpha value is -2.85. The number of sulfonamides is 1. The van der Waals surface area contributed by atoms with Crippen LogP contribution < -0.4 is 4.72 Å². The number of hydrogen-bond donors (Lipinski definition) is 1. The molecule has 0 saturated heterocycles. The molecule has 0 unspecified atom stereocenters. The predicted octanol–water partition coefficient (Wildman–Crippen LogP) is 5.53. The summed E-state index contributed by atoms with van der Waals surface area (Å²) in [5.74, 6) is 0. The van der Waals surface area contributed by atoms with Crippen LogP contribution in [0.25, 0.3) is 11.1 Å². The van der Waals surface area contributed by atoms with E-state index in [9.17, 15) is 8.42 Å². The van der Waals surface area contributed by atoms with E-state index in [2.05, 4.69) is 66.2 Å². The number of nitrogens with one attached hydrogen (secondary N) is 1. The van der Waals surface area contributed by atoms with Crippen LogP contribution in [0, 0.1) is 0 Å². The van der Waals surface area contributed by atoms with Crippen LogP contribution in [0.2, 0.25) is 0 Å². The molecule has 1 aliphatic carbocycles. The van der Waals surface area contributed by atoms with Crippen LogP contribution in [0.4, 0.5) is 5.69 Å². The third kappa shape index (κ3) is 4.13. The number of rotatable bonds is 4. The van der Waals surface area contributed by atoms with Crippen molar-refractivity contribution in [2.24, 2.45) is 0 Å². The van der Waals surface area contributed by atoms with Crippen molar-refractivity contribution in [1.82, 2.24) is 0 Å². The minimum Gasteiger partial charge on any atom is -0.284 e. The zero-order valence-electron chi connectivity index (χ0n) is 16.8. The molecule has 1 aliphatic rings. The Kier molecular flexibility index (Phi) is 5.29. The molecule has 3 aromatic rings. The number of hydrogen-bond acceptors (Lipinski definition) is 2. The summed E-state index contributed by atoms with van der Waals surface area (Å²) in [6.07, 6.45) is 4.06. The van der Waals surface area contributed by atoms with Crippen LogP contribution >= 0.6 is 0 Å². The molecule has 0 radical (unpaired) electrons. The highest BCUT2D eigenvalue weighted by Crippen LogP contribution is 2.40. The van der Waals surface area contributed by atoms with Crippen LogP contribution in [0.3, 0.4) is 0 Å². The monoisotopic (exact) mass is 403 g/mol. The Morgan fingerprint density at radius 3 is 2.00 bits per heavy atom. The second kappa shape index (κ2) is 7.88. The Labute approximate surface area is 173 Å². The summed E-state index contributed by atoms with van der Waals surface area (Å²) in [5.41, 5.74) is 9.38. The molecule has 0 amide bonds. The molecule has 0 bridgehead atoms. The van der Waals surface area contributed by atoms with Crippen LogP contribution in [0.5, 0.6) is 0 Å². The number of fused-ring (bicyclic) bond motifs is 2. The molecule has 0 aromatic heterocycles. The van der Waals surface area contributed by atoms with Crippen molar-refractivity contribution in [2.45, 2.75) is 26.2 Å². The van der Waals surface area contributed by atoms with Gasteiger partial charge in [0.05, 0.1) is 6.26 Å². The van der Waals surface area contributed by atoms with E-state index in [-0.39, 0.29) is 0 Å². The molecule has 0 heterocycles. The van der Waals surface area contributed by atoms with Gasteiger partial charge in [-0.05, 0) is 70.4 Å². The second-order valence-corrected chi connectivity index (χ2v) is 9.22. The SMILES string of the molecule is CCC(=C1c2ccccc2CCc2ccccc21)c1cccc(NS(C)(=O)=O)c1. The quantitative estimate of drug-likeness (QED) is 0.623. The van der Waals surface area contributed by atoms with Crippen molar-refractivity contribution < 1.29 is 8.42 Å². The molecule has 3 nitrogen and oxygen atoms in total. The summed E-state index contributed by atoms with van der Waals surface area (Å²) in [4.78, 5) is 0. The first-order valence-electron chi connectivity index (χ1n) is 9.94. The molecule has 148 valence electrons. The first-order valence-corrected chi connectivity index (χ1v) is 11.8. The number of allylic oxidation sites excluding steroid dienone is 1. The minimum absolute atomic E-state index is 0.590. The zero-order chi connectivity index (χ0) is 20.4. The summed E-state index contributed by atoms with van der Waals surface area (Å²) in [7, 11) is -3.32. The van der Waals surface area contributed by atoms with Gasteiger partial charge in [0.25, 0.3) is 0 Å². The van der Waals surface area contributed by atoms with Crippen molar-refractivity contribution in [3.63, 3.8) is 0 Å². The van der Waals surface area contributed by atoms with Crippen LogP contribution in [-0.2, 0) is 22.9 Å². The Balaban J connectivity index is 1.98. The van der Waals surface area contributed by atoms with Gasteiger partial charge in [0.2, 0.25) is 10.0 Å². The van der Waals surface area contributed by atoms with E-state index in [0.717, 1.165) is 24.8 Å². The maximum Gasteiger partial charge on any atom is 0.229 e. The van der Waals surface area contributed by atoms with E-state index in [1.54, 1.807) is 6.07 Å². The zero-order valence-corrected chi connectivity index (χ0v) is 17.6. The van der Waals surface area contributed by atoms with Crippen LogP contribution in [-0.4, -0.2) is 14.7 Å². The topological polar surface area (TPSA) is 46.2 Å². The first kappa shape index (κ1) is 19.5. The van der Waals surface area contributed by atoms with Crippen LogP contribution in [0.1, 0.15) is 41.2 Å². The molecular weight excluding hydrogens is 378 g/mol. The minimum atomic E-state index is -3.32. The molecule has 0 atom stereocenters. The Bertz CT molecular complexity index is 1140. The van der Waals surface area contributed by atoms with Gasteiger partial charge in [-0.15, -0.1) is 0 Å². The van der Waals surface area contributed by atoms with Gasteiger partial charge in [-0.1, -0.05) is 67.6 Å². The maximum atomic E-state index is 11.7. The largest absolute Gasteiger partial charge is 0.284 e. The molecule has 3 aromatic carbocycles. The summed E-state index contributed by atoms with van der Waals surface area (Å²) in [6, 6.07) is 25.0. The van der Waals surface area contributed by atoms with E-state index in [1.165, 1.54) is 39.7 Å². The number of aryl methyl sites for hydroxylation is 2. The lowest BCUT2D eigenvalue weighted by atomic mass is 9.86.